The molecule has 2 rings (SSSR count). The van der Waals surface area contributed by atoms with Crippen LogP contribution in [0.1, 0.15) is 63.9 Å². The van der Waals surface area contributed by atoms with Crippen LogP contribution in [0.3, 0.4) is 0 Å². The summed E-state index contributed by atoms with van der Waals surface area (Å²) in [6.07, 6.45) is 8.14. The number of ether oxygens (including phenoxy) is 1. The predicted octanol–water partition coefficient (Wildman–Crippen LogP) is 4.91. The Labute approximate surface area is 105 Å². The van der Waals surface area contributed by atoms with Gasteiger partial charge < -0.3 is 4.74 Å². The van der Waals surface area contributed by atoms with Crippen LogP contribution in [0.25, 0.3) is 0 Å². The van der Waals surface area contributed by atoms with E-state index in [1.807, 2.05) is 0 Å². The molecule has 1 aromatic carbocycles. The molecular formula is C16H24O. The zero-order valence-electron chi connectivity index (χ0n) is 11.1. The van der Waals surface area contributed by atoms with Gasteiger partial charge in [0, 0.05) is 0 Å². The van der Waals surface area contributed by atoms with Crippen LogP contribution in [0.15, 0.2) is 24.3 Å². The highest BCUT2D eigenvalue weighted by atomic mass is 16.5. The van der Waals surface area contributed by atoms with Crippen molar-refractivity contribution in [3.63, 3.8) is 0 Å². The highest BCUT2D eigenvalue weighted by Gasteiger charge is 2.15. The molecule has 0 bridgehead atoms. The van der Waals surface area contributed by atoms with Gasteiger partial charge in [0.2, 0.25) is 0 Å². The molecule has 0 radical (unpaired) electrons. The summed E-state index contributed by atoms with van der Waals surface area (Å²) in [5, 5.41) is 0. The van der Waals surface area contributed by atoms with Crippen molar-refractivity contribution < 1.29 is 4.74 Å². The van der Waals surface area contributed by atoms with Gasteiger partial charge in [0.15, 0.2) is 0 Å². The van der Waals surface area contributed by atoms with Crippen LogP contribution in [0, 0.1) is 0 Å². The normalized spacial score (nSPS) is 18.9. The van der Waals surface area contributed by atoms with E-state index in [0.29, 0.717) is 12.0 Å². The first-order valence-corrected chi connectivity index (χ1v) is 7.06. The van der Waals surface area contributed by atoms with E-state index in [1.54, 1.807) is 0 Å². The number of benzene rings is 1. The van der Waals surface area contributed by atoms with Gasteiger partial charge in [-0.05, 0) is 55.7 Å². The van der Waals surface area contributed by atoms with Crippen molar-refractivity contribution in [2.45, 2.75) is 64.4 Å². The first kappa shape index (κ1) is 12.5. The SMILES string of the molecule is CCC(C)c1cccc(OC2CCCCC2)c1. The van der Waals surface area contributed by atoms with Crippen LogP contribution >= 0.6 is 0 Å². The summed E-state index contributed by atoms with van der Waals surface area (Å²) >= 11 is 0. The minimum absolute atomic E-state index is 0.455. The predicted molar refractivity (Wildman–Crippen MR) is 72.6 cm³/mol. The van der Waals surface area contributed by atoms with Gasteiger partial charge in [-0.15, -0.1) is 0 Å². The lowest BCUT2D eigenvalue weighted by Crippen LogP contribution is -2.19. The Balaban J connectivity index is 2.00. The van der Waals surface area contributed by atoms with Gasteiger partial charge >= 0.3 is 0 Å². The van der Waals surface area contributed by atoms with Crippen molar-refractivity contribution in [3.8, 4) is 5.75 Å². The molecule has 1 aliphatic carbocycles. The standard InChI is InChI=1S/C16H24O/c1-3-13(2)14-8-7-11-16(12-14)17-15-9-5-4-6-10-15/h7-8,11-13,15H,3-6,9-10H2,1-2H3. The molecule has 1 saturated carbocycles. The summed E-state index contributed by atoms with van der Waals surface area (Å²) in [7, 11) is 0. The summed E-state index contributed by atoms with van der Waals surface area (Å²) in [5.74, 6) is 1.69. The van der Waals surface area contributed by atoms with Crippen molar-refractivity contribution in [2.75, 3.05) is 0 Å². The lowest BCUT2D eigenvalue weighted by molar-refractivity contribution is 0.155. The summed E-state index contributed by atoms with van der Waals surface area (Å²) in [5.41, 5.74) is 1.40. The Morgan fingerprint density at radius 2 is 2.00 bits per heavy atom. The smallest absolute Gasteiger partial charge is 0.119 e. The van der Waals surface area contributed by atoms with Crippen LogP contribution in [0.4, 0.5) is 0 Å². The fourth-order valence-corrected chi connectivity index (χ4v) is 2.51. The van der Waals surface area contributed by atoms with E-state index in [1.165, 1.54) is 44.1 Å². The lowest BCUT2D eigenvalue weighted by Gasteiger charge is -2.23. The second kappa shape index (κ2) is 6.09. The number of hydrogen-bond acceptors (Lipinski definition) is 1. The third-order valence-electron chi connectivity index (χ3n) is 3.89. The zero-order chi connectivity index (χ0) is 12.1. The second-order valence-corrected chi connectivity index (χ2v) is 5.26. The van der Waals surface area contributed by atoms with Crippen molar-refractivity contribution in [1.82, 2.24) is 0 Å². The first-order valence-electron chi connectivity index (χ1n) is 7.06. The van der Waals surface area contributed by atoms with E-state index in [4.69, 9.17) is 4.74 Å². The molecule has 1 aromatic rings. The molecule has 17 heavy (non-hydrogen) atoms. The van der Waals surface area contributed by atoms with Gasteiger partial charge in [-0.1, -0.05) is 32.4 Å². The average Bonchev–Trinajstić information content (AvgIpc) is 2.39. The van der Waals surface area contributed by atoms with Gasteiger partial charge in [0.05, 0.1) is 6.10 Å². The maximum atomic E-state index is 6.09. The Morgan fingerprint density at radius 1 is 1.24 bits per heavy atom. The quantitative estimate of drug-likeness (QED) is 0.716. The van der Waals surface area contributed by atoms with Gasteiger partial charge in [-0.25, -0.2) is 0 Å². The molecule has 94 valence electrons. The molecule has 0 aromatic heterocycles. The Morgan fingerprint density at radius 3 is 2.71 bits per heavy atom. The Bertz CT molecular complexity index is 339. The number of rotatable bonds is 4. The van der Waals surface area contributed by atoms with Crippen molar-refractivity contribution in [1.29, 1.82) is 0 Å². The van der Waals surface area contributed by atoms with Crippen LogP contribution in [0.5, 0.6) is 5.75 Å². The van der Waals surface area contributed by atoms with Crippen molar-refractivity contribution in [3.05, 3.63) is 29.8 Å². The Kier molecular flexibility index (Phi) is 4.47. The lowest BCUT2D eigenvalue weighted by atomic mass is 9.97. The molecule has 0 saturated heterocycles. The molecule has 1 atom stereocenters. The first-order chi connectivity index (χ1) is 8.29. The van der Waals surface area contributed by atoms with Gasteiger partial charge in [0.1, 0.15) is 5.75 Å². The molecular weight excluding hydrogens is 208 g/mol. The summed E-state index contributed by atoms with van der Waals surface area (Å²) in [6.45, 7) is 4.51. The van der Waals surface area contributed by atoms with E-state index in [9.17, 15) is 0 Å². The summed E-state index contributed by atoms with van der Waals surface area (Å²) in [6, 6.07) is 8.66. The van der Waals surface area contributed by atoms with E-state index >= 15 is 0 Å². The molecule has 1 nitrogen and oxygen atoms in total. The average molecular weight is 232 g/mol. The summed E-state index contributed by atoms with van der Waals surface area (Å²) in [4.78, 5) is 0. The highest BCUT2D eigenvalue weighted by Crippen LogP contribution is 2.26. The molecule has 0 aliphatic heterocycles. The molecule has 1 fully saturated rings. The Hall–Kier alpha value is -0.980. The summed E-state index contributed by atoms with van der Waals surface area (Å²) < 4.78 is 6.09. The fraction of sp³-hybridized carbons (Fsp3) is 0.625. The van der Waals surface area contributed by atoms with E-state index in [0.717, 1.165) is 5.75 Å². The van der Waals surface area contributed by atoms with Gasteiger partial charge in [-0.3, -0.25) is 0 Å². The van der Waals surface area contributed by atoms with Crippen molar-refractivity contribution >= 4 is 0 Å². The third-order valence-corrected chi connectivity index (χ3v) is 3.89. The molecule has 0 N–H and O–H groups in total. The molecule has 0 spiro atoms. The minimum atomic E-state index is 0.455. The molecule has 1 aliphatic rings. The molecule has 0 heterocycles. The van der Waals surface area contributed by atoms with E-state index < -0.39 is 0 Å². The molecule has 1 heteroatoms. The highest BCUT2D eigenvalue weighted by molar-refractivity contribution is 5.30. The van der Waals surface area contributed by atoms with Crippen LogP contribution in [-0.2, 0) is 0 Å². The maximum Gasteiger partial charge on any atom is 0.119 e. The van der Waals surface area contributed by atoms with Gasteiger partial charge in [0.25, 0.3) is 0 Å². The van der Waals surface area contributed by atoms with Crippen LogP contribution in [0.2, 0.25) is 0 Å². The molecule has 0 amide bonds. The topological polar surface area (TPSA) is 9.23 Å². The van der Waals surface area contributed by atoms with E-state index in [2.05, 4.69) is 38.1 Å². The monoisotopic (exact) mass is 232 g/mol. The van der Waals surface area contributed by atoms with Crippen LogP contribution < -0.4 is 4.74 Å². The largest absolute Gasteiger partial charge is 0.490 e. The zero-order valence-corrected chi connectivity index (χ0v) is 11.1. The van der Waals surface area contributed by atoms with Crippen LogP contribution in [-0.4, -0.2) is 6.10 Å². The fourth-order valence-electron chi connectivity index (χ4n) is 2.51. The van der Waals surface area contributed by atoms with Crippen molar-refractivity contribution in [2.24, 2.45) is 0 Å². The van der Waals surface area contributed by atoms with Gasteiger partial charge in [-0.2, -0.15) is 0 Å². The minimum Gasteiger partial charge on any atom is -0.490 e. The second-order valence-electron chi connectivity index (χ2n) is 5.26. The number of hydrogen-bond donors (Lipinski definition) is 0. The maximum absolute atomic E-state index is 6.09. The van der Waals surface area contributed by atoms with E-state index in [-0.39, 0.29) is 0 Å². The third kappa shape index (κ3) is 3.49. The molecule has 1 unspecified atom stereocenters.